The number of nitrogens with one attached hydrogen (secondary N) is 2. The Morgan fingerprint density at radius 3 is 2.81 bits per heavy atom. The van der Waals surface area contributed by atoms with Gasteiger partial charge in [-0.25, -0.2) is 17.7 Å². The Morgan fingerprint density at radius 1 is 1.41 bits per heavy atom. The van der Waals surface area contributed by atoms with Gasteiger partial charge in [-0.1, -0.05) is 13.8 Å². The first-order valence-electron chi connectivity index (χ1n) is 11.1. The molecule has 0 radical (unpaired) electrons. The number of aliphatic hydroxyl groups excluding tert-OH is 1. The highest BCUT2D eigenvalue weighted by Crippen LogP contribution is 2.35. The molecule has 0 saturated heterocycles. The van der Waals surface area contributed by atoms with Gasteiger partial charge in [-0.2, -0.15) is 5.26 Å². The largest absolute Gasteiger partial charge is 0.368 e. The molecule has 9 heteroatoms. The van der Waals surface area contributed by atoms with Gasteiger partial charge in [-0.3, -0.25) is 0 Å². The second-order valence-electron chi connectivity index (χ2n) is 9.17. The molecular formula is C23H30FN5O2S. The fraction of sp³-hybridized carbons (Fsp3) is 0.522. The Labute approximate surface area is 189 Å². The predicted molar refractivity (Wildman–Crippen MR) is 122 cm³/mol. The van der Waals surface area contributed by atoms with Crippen LogP contribution in [-0.2, 0) is 23.4 Å². The van der Waals surface area contributed by atoms with Crippen LogP contribution < -0.4 is 10.0 Å². The number of nitriles is 1. The first-order valence-corrected chi connectivity index (χ1v) is 12.6. The van der Waals surface area contributed by atoms with E-state index >= 15 is 0 Å². The Balaban J connectivity index is 1.71. The maximum absolute atomic E-state index is 14.1. The molecule has 172 valence electrons. The number of hydrogen-bond donors (Lipinski definition) is 3. The topological polar surface area (TPSA) is 102 Å². The Kier molecular flexibility index (Phi) is 6.30. The van der Waals surface area contributed by atoms with Gasteiger partial charge in [-0.15, -0.1) is 0 Å². The van der Waals surface area contributed by atoms with Gasteiger partial charge >= 0.3 is 0 Å². The van der Waals surface area contributed by atoms with Gasteiger partial charge < -0.3 is 15.0 Å². The minimum atomic E-state index is -2.82. The molecule has 1 aliphatic carbocycles. The van der Waals surface area contributed by atoms with E-state index in [4.69, 9.17) is 9.62 Å². The normalized spacial score (nSPS) is 23.8. The summed E-state index contributed by atoms with van der Waals surface area (Å²) in [6.07, 6.45) is 4.96. The molecule has 2 unspecified atom stereocenters. The lowest BCUT2D eigenvalue weighted by atomic mass is 9.98. The number of rotatable bonds is 6. The molecule has 2 heterocycles. The van der Waals surface area contributed by atoms with Gasteiger partial charge in [0.2, 0.25) is 0 Å². The average molecular weight is 460 g/mol. The summed E-state index contributed by atoms with van der Waals surface area (Å²) in [5, 5.41) is 23.1. The van der Waals surface area contributed by atoms with Crippen LogP contribution >= 0.6 is 0 Å². The number of benzene rings is 1. The number of fused-ring (bicyclic) bond motifs is 1. The van der Waals surface area contributed by atoms with Crippen molar-refractivity contribution in [2.75, 3.05) is 5.32 Å². The van der Waals surface area contributed by atoms with Crippen LogP contribution in [-0.4, -0.2) is 26.0 Å². The summed E-state index contributed by atoms with van der Waals surface area (Å²) in [5.41, 5.74) is 1.77. The molecule has 4 rings (SSSR count). The van der Waals surface area contributed by atoms with Crippen LogP contribution in [0.1, 0.15) is 62.6 Å². The third kappa shape index (κ3) is 4.68. The van der Waals surface area contributed by atoms with Crippen LogP contribution in [0.3, 0.4) is 0 Å². The van der Waals surface area contributed by atoms with Gasteiger partial charge in [-0.05, 0) is 61.8 Å². The van der Waals surface area contributed by atoms with Crippen LogP contribution in [0.25, 0.3) is 0 Å². The Hall–Kier alpha value is -2.41. The van der Waals surface area contributed by atoms with Crippen LogP contribution in [0.15, 0.2) is 33.7 Å². The van der Waals surface area contributed by atoms with Crippen LogP contribution in [0.5, 0.6) is 0 Å². The van der Waals surface area contributed by atoms with Gasteiger partial charge in [0.1, 0.15) is 21.8 Å². The zero-order valence-corrected chi connectivity index (χ0v) is 19.5. The molecule has 1 aromatic heterocycles. The van der Waals surface area contributed by atoms with Crippen LogP contribution in [0.4, 0.5) is 10.1 Å². The summed E-state index contributed by atoms with van der Waals surface area (Å²) in [5.74, 6) is -0.149. The smallest absolute Gasteiger partial charge is 0.166 e. The summed E-state index contributed by atoms with van der Waals surface area (Å²) < 4.78 is 37.6. The molecule has 32 heavy (non-hydrogen) atoms. The lowest BCUT2D eigenvalue weighted by molar-refractivity contribution is 0.198. The number of aryl methyl sites for hydroxylation is 1. The number of nitrogens with zero attached hydrogens (tertiary/aromatic N) is 3. The summed E-state index contributed by atoms with van der Waals surface area (Å²) in [6.45, 7) is 4.30. The summed E-state index contributed by atoms with van der Waals surface area (Å²) in [4.78, 5) is 0.644. The monoisotopic (exact) mass is 459 g/mol. The minimum absolute atomic E-state index is 0.0796. The standard InChI is InChI=1S/C23H30FN5O2S/c1-14(2)10-18-6-8-19-21(32(31,28-18)27-16-4-5-16)13-29(3)22(19)23(30)26-17-7-9-20(24)15(11-17)12-25/h7,9,11,13-14,16,18,23,26,30H,4-6,8,10H2,1-3H3,(H,27,28,31)/t18-,23?,32?/m1/s1. The van der Waals surface area contributed by atoms with Crippen molar-refractivity contribution in [3.8, 4) is 6.07 Å². The van der Waals surface area contributed by atoms with E-state index in [-0.39, 0.29) is 17.6 Å². The number of halogens is 1. The van der Waals surface area contributed by atoms with Crippen molar-refractivity contribution in [3.05, 3.63) is 47.0 Å². The SMILES string of the molecule is CC(C)C[C@H]1CCc2c(cn(C)c2C(O)Nc2ccc(F)c(C#N)c2)S(=O)(=NC2CC2)N1. The van der Waals surface area contributed by atoms with Gasteiger partial charge in [0.15, 0.2) is 6.23 Å². The Bertz CT molecular complexity index is 1170. The third-order valence-electron chi connectivity index (χ3n) is 5.91. The first-order chi connectivity index (χ1) is 15.2. The van der Waals surface area contributed by atoms with Crippen molar-refractivity contribution in [2.24, 2.45) is 17.3 Å². The number of aliphatic hydroxyl groups is 1. The van der Waals surface area contributed by atoms with Crippen LogP contribution in [0.2, 0.25) is 0 Å². The Morgan fingerprint density at radius 2 is 2.16 bits per heavy atom. The molecule has 1 saturated carbocycles. The zero-order chi connectivity index (χ0) is 23.0. The van der Waals surface area contributed by atoms with E-state index in [0.717, 1.165) is 31.2 Å². The maximum Gasteiger partial charge on any atom is 0.166 e. The van der Waals surface area contributed by atoms with E-state index in [1.807, 2.05) is 13.1 Å². The second-order valence-corrected chi connectivity index (χ2v) is 11.1. The molecule has 3 N–H and O–H groups in total. The van der Waals surface area contributed by atoms with E-state index in [0.29, 0.717) is 28.6 Å². The van der Waals surface area contributed by atoms with Gasteiger partial charge in [0.05, 0.1) is 22.2 Å². The fourth-order valence-electron chi connectivity index (χ4n) is 4.32. The molecule has 0 amide bonds. The quantitative estimate of drug-likeness (QED) is 0.568. The molecule has 1 fully saturated rings. The summed E-state index contributed by atoms with van der Waals surface area (Å²) >= 11 is 0. The lowest BCUT2D eigenvalue weighted by Gasteiger charge is -2.20. The van der Waals surface area contributed by atoms with Crippen molar-refractivity contribution >= 4 is 15.6 Å². The van der Waals surface area contributed by atoms with Crippen LogP contribution in [0, 0.1) is 23.1 Å². The minimum Gasteiger partial charge on any atom is -0.368 e. The lowest BCUT2D eigenvalue weighted by Crippen LogP contribution is -2.34. The molecule has 0 bridgehead atoms. The predicted octanol–water partition coefficient (Wildman–Crippen LogP) is 3.99. The van der Waals surface area contributed by atoms with E-state index in [1.54, 1.807) is 10.8 Å². The highest BCUT2D eigenvalue weighted by Gasteiger charge is 2.34. The molecule has 1 aliphatic heterocycles. The molecule has 7 nitrogen and oxygen atoms in total. The molecule has 1 aromatic carbocycles. The van der Waals surface area contributed by atoms with E-state index < -0.39 is 22.0 Å². The number of hydrogen-bond acceptors (Lipinski definition) is 5. The van der Waals surface area contributed by atoms with Gasteiger partial charge in [0.25, 0.3) is 0 Å². The number of aromatic nitrogens is 1. The van der Waals surface area contributed by atoms with Crippen molar-refractivity contribution < 1.29 is 13.7 Å². The van der Waals surface area contributed by atoms with E-state index in [9.17, 15) is 13.7 Å². The number of anilines is 1. The molecular weight excluding hydrogens is 429 g/mol. The van der Waals surface area contributed by atoms with E-state index in [2.05, 4.69) is 23.9 Å². The average Bonchev–Trinajstić information content (AvgIpc) is 3.47. The summed E-state index contributed by atoms with van der Waals surface area (Å²) in [7, 11) is -1.01. The fourth-order valence-corrected chi connectivity index (χ4v) is 6.76. The third-order valence-corrected chi connectivity index (χ3v) is 8.11. The highest BCUT2D eigenvalue weighted by atomic mass is 32.2. The van der Waals surface area contributed by atoms with Crippen molar-refractivity contribution in [3.63, 3.8) is 0 Å². The second kappa shape index (κ2) is 8.85. The molecule has 2 aliphatic rings. The first kappa shape index (κ1) is 22.8. The molecule has 0 spiro atoms. The molecule has 3 atom stereocenters. The van der Waals surface area contributed by atoms with Crippen molar-refractivity contribution in [1.82, 2.24) is 9.29 Å². The van der Waals surface area contributed by atoms with E-state index in [1.165, 1.54) is 18.2 Å². The maximum atomic E-state index is 14.1. The summed E-state index contributed by atoms with van der Waals surface area (Å²) in [6, 6.07) is 6.05. The van der Waals surface area contributed by atoms with Gasteiger partial charge in [0, 0.05) is 25.0 Å². The highest BCUT2D eigenvalue weighted by molar-refractivity contribution is 7.91. The zero-order valence-electron chi connectivity index (χ0n) is 18.6. The molecule has 2 aromatic rings. The van der Waals surface area contributed by atoms with Crippen molar-refractivity contribution in [1.29, 1.82) is 5.26 Å². The van der Waals surface area contributed by atoms with Crippen molar-refractivity contribution in [2.45, 2.75) is 69.2 Å².